The molecule has 0 aromatic heterocycles. The molecule has 134 valence electrons. The van der Waals surface area contributed by atoms with Gasteiger partial charge in [-0.25, -0.2) is 4.79 Å². The lowest BCUT2D eigenvalue weighted by Crippen LogP contribution is -2.26. The van der Waals surface area contributed by atoms with E-state index < -0.39 is 0 Å². The van der Waals surface area contributed by atoms with Crippen LogP contribution < -0.4 is 0 Å². The number of Topliss-reactive ketones (excluding diaryl/α,β-unsaturated/α-hetero) is 1. The maximum Gasteiger partial charge on any atom is 0.333 e. The van der Waals surface area contributed by atoms with Crippen molar-refractivity contribution in [2.45, 2.75) is 13.3 Å². The van der Waals surface area contributed by atoms with Crippen LogP contribution in [-0.4, -0.2) is 43.4 Å². The van der Waals surface area contributed by atoms with Crippen molar-refractivity contribution in [3.63, 3.8) is 0 Å². The van der Waals surface area contributed by atoms with E-state index in [9.17, 15) is 9.59 Å². The number of rotatable bonds is 7. The smallest absolute Gasteiger partial charge is 0.333 e. The molecule has 1 aliphatic carbocycles. The molecule has 0 bridgehead atoms. The minimum absolute atomic E-state index is 0.108. The molecule has 0 unspecified atom stereocenters. The van der Waals surface area contributed by atoms with Crippen molar-refractivity contribution in [2.24, 2.45) is 0 Å². The highest BCUT2D eigenvalue weighted by atomic mass is 16.5. The molecule has 1 aliphatic rings. The third-order valence-corrected chi connectivity index (χ3v) is 4.62. The number of carbonyl (C=O) groups is 2. The van der Waals surface area contributed by atoms with E-state index in [1.807, 2.05) is 43.5 Å². The maximum atomic E-state index is 12.8. The largest absolute Gasteiger partial charge is 0.461 e. The van der Waals surface area contributed by atoms with E-state index in [0.717, 1.165) is 34.0 Å². The van der Waals surface area contributed by atoms with E-state index >= 15 is 0 Å². The Bertz CT molecular complexity index is 905. The van der Waals surface area contributed by atoms with E-state index in [1.54, 1.807) is 6.92 Å². The van der Waals surface area contributed by atoms with Gasteiger partial charge in [-0.15, -0.1) is 0 Å². The number of ether oxygens (including phenoxy) is 1. The standard InChI is InChI=1S/C22H23NO3/c1-15(2)22(25)26-13-12-23(3)11-10-18-14-17-8-4-6-16-7-5-9-19(20(16)17)21(18)24/h4-9,14H,1,10-13H2,2-3H3. The summed E-state index contributed by atoms with van der Waals surface area (Å²) in [6, 6.07) is 12.0. The van der Waals surface area contributed by atoms with Gasteiger partial charge in [0, 0.05) is 35.2 Å². The number of benzene rings is 2. The summed E-state index contributed by atoms with van der Waals surface area (Å²) in [6.07, 6.45) is 2.67. The number of carbonyl (C=O) groups excluding carboxylic acids is 2. The molecule has 0 heterocycles. The molecule has 0 aliphatic heterocycles. The highest BCUT2D eigenvalue weighted by molar-refractivity contribution is 6.22. The number of hydrogen-bond donors (Lipinski definition) is 0. The molecule has 0 atom stereocenters. The first-order chi connectivity index (χ1) is 12.5. The molecular formula is C22H23NO3. The molecule has 4 nitrogen and oxygen atoms in total. The molecule has 0 saturated heterocycles. The minimum atomic E-state index is -0.367. The monoisotopic (exact) mass is 349 g/mol. The first-order valence-corrected chi connectivity index (χ1v) is 8.75. The Balaban J connectivity index is 1.63. The van der Waals surface area contributed by atoms with Gasteiger partial charge < -0.3 is 9.64 Å². The van der Waals surface area contributed by atoms with Gasteiger partial charge in [-0.05, 0) is 37.4 Å². The summed E-state index contributed by atoms with van der Waals surface area (Å²) in [7, 11) is 1.96. The minimum Gasteiger partial charge on any atom is -0.461 e. The Morgan fingerprint density at radius 1 is 1.15 bits per heavy atom. The summed E-state index contributed by atoms with van der Waals surface area (Å²) >= 11 is 0. The Morgan fingerprint density at radius 3 is 2.62 bits per heavy atom. The van der Waals surface area contributed by atoms with Crippen LogP contribution in [0.2, 0.25) is 0 Å². The number of esters is 1. The van der Waals surface area contributed by atoms with Crippen molar-refractivity contribution >= 4 is 28.6 Å². The molecule has 0 fully saturated rings. The molecular weight excluding hydrogens is 326 g/mol. The highest BCUT2D eigenvalue weighted by Gasteiger charge is 2.21. The van der Waals surface area contributed by atoms with E-state index in [4.69, 9.17) is 4.74 Å². The van der Waals surface area contributed by atoms with Gasteiger partial charge in [-0.2, -0.15) is 0 Å². The van der Waals surface area contributed by atoms with Gasteiger partial charge in [0.2, 0.25) is 0 Å². The van der Waals surface area contributed by atoms with Crippen LogP contribution in [0.25, 0.3) is 16.8 Å². The van der Waals surface area contributed by atoms with Gasteiger partial charge in [0.1, 0.15) is 6.61 Å². The van der Waals surface area contributed by atoms with Crippen LogP contribution in [0.1, 0.15) is 29.3 Å². The zero-order valence-corrected chi connectivity index (χ0v) is 15.2. The van der Waals surface area contributed by atoms with E-state index in [-0.39, 0.29) is 11.8 Å². The fourth-order valence-electron chi connectivity index (χ4n) is 3.13. The van der Waals surface area contributed by atoms with Crippen LogP contribution >= 0.6 is 0 Å². The maximum absolute atomic E-state index is 12.8. The van der Waals surface area contributed by atoms with Gasteiger partial charge >= 0.3 is 5.97 Å². The highest BCUT2D eigenvalue weighted by Crippen LogP contribution is 2.32. The molecule has 0 N–H and O–H groups in total. The summed E-state index contributed by atoms with van der Waals surface area (Å²) in [5, 5.41) is 2.14. The average molecular weight is 349 g/mol. The molecule has 4 heteroatoms. The molecule has 0 spiro atoms. The Morgan fingerprint density at radius 2 is 1.88 bits per heavy atom. The molecule has 0 saturated carbocycles. The third kappa shape index (κ3) is 3.75. The summed E-state index contributed by atoms with van der Waals surface area (Å²) in [5.41, 5.74) is 3.11. The van der Waals surface area contributed by atoms with Gasteiger partial charge in [0.25, 0.3) is 0 Å². The Labute approximate surface area is 153 Å². The first-order valence-electron chi connectivity index (χ1n) is 8.75. The zero-order chi connectivity index (χ0) is 18.7. The van der Waals surface area contributed by atoms with Gasteiger partial charge in [-0.1, -0.05) is 43.0 Å². The number of hydrogen-bond acceptors (Lipinski definition) is 4. The molecule has 2 aromatic rings. The fourth-order valence-corrected chi connectivity index (χ4v) is 3.13. The second-order valence-corrected chi connectivity index (χ2v) is 6.72. The van der Waals surface area contributed by atoms with E-state index in [0.29, 0.717) is 25.1 Å². The summed E-state index contributed by atoms with van der Waals surface area (Å²) in [5.74, 6) is -0.260. The van der Waals surface area contributed by atoms with Gasteiger partial charge in [-0.3, -0.25) is 4.79 Å². The second kappa shape index (κ2) is 7.67. The van der Waals surface area contributed by atoms with Crippen LogP contribution in [0.5, 0.6) is 0 Å². The predicted octanol–water partition coefficient (Wildman–Crippen LogP) is 3.86. The lowest BCUT2D eigenvalue weighted by Gasteiger charge is -2.20. The predicted molar refractivity (Wildman–Crippen MR) is 104 cm³/mol. The van der Waals surface area contributed by atoms with Gasteiger partial charge in [0.15, 0.2) is 5.78 Å². The molecule has 2 aromatic carbocycles. The normalized spacial score (nSPS) is 13.0. The van der Waals surface area contributed by atoms with Crippen molar-refractivity contribution < 1.29 is 14.3 Å². The van der Waals surface area contributed by atoms with Crippen molar-refractivity contribution in [2.75, 3.05) is 26.7 Å². The fraction of sp³-hybridized carbons (Fsp3) is 0.273. The van der Waals surface area contributed by atoms with Crippen molar-refractivity contribution in [1.82, 2.24) is 4.90 Å². The Hall–Kier alpha value is -2.72. The van der Waals surface area contributed by atoms with Crippen LogP contribution in [0.4, 0.5) is 0 Å². The van der Waals surface area contributed by atoms with E-state index in [2.05, 4.69) is 17.5 Å². The second-order valence-electron chi connectivity index (χ2n) is 6.72. The lowest BCUT2D eigenvalue weighted by atomic mass is 9.87. The average Bonchev–Trinajstić information content (AvgIpc) is 2.63. The van der Waals surface area contributed by atoms with Crippen LogP contribution in [0.15, 0.2) is 54.1 Å². The topological polar surface area (TPSA) is 46.6 Å². The summed E-state index contributed by atoms with van der Waals surface area (Å²) in [6.45, 7) is 6.85. The first kappa shape index (κ1) is 18.1. The van der Waals surface area contributed by atoms with Crippen LogP contribution in [0, 0.1) is 0 Å². The van der Waals surface area contributed by atoms with Crippen molar-refractivity contribution in [1.29, 1.82) is 0 Å². The molecule has 26 heavy (non-hydrogen) atoms. The van der Waals surface area contributed by atoms with Crippen molar-refractivity contribution in [3.05, 3.63) is 65.3 Å². The number of ketones is 1. The van der Waals surface area contributed by atoms with Gasteiger partial charge in [0.05, 0.1) is 0 Å². The lowest BCUT2D eigenvalue weighted by molar-refractivity contribution is -0.139. The van der Waals surface area contributed by atoms with Crippen molar-refractivity contribution in [3.8, 4) is 0 Å². The summed E-state index contributed by atoms with van der Waals surface area (Å²) in [4.78, 5) is 26.3. The third-order valence-electron chi connectivity index (χ3n) is 4.62. The number of nitrogens with zero attached hydrogens (tertiary/aromatic N) is 1. The van der Waals surface area contributed by atoms with Crippen LogP contribution in [-0.2, 0) is 9.53 Å². The molecule has 0 radical (unpaired) electrons. The number of likely N-dealkylation sites (N-methyl/N-ethyl adjacent to an activating group) is 1. The van der Waals surface area contributed by atoms with Crippen LogP contribution in [0.3, 0.4) is 0 Å². The SMILES string of the molecule is C=C(C)C(=O)OCCN(C)CCC1=Cc2cccc3cccc(c23)C1=O. The molecule has 3 rings (SSSR count). The Kier molecular flexibility index (Phi) is 5.33. The quantitative estimate of drug-likeness (QED) is 0.562. The van der Waals surface area contributed by atoms with E-state index in [1.165, 1.54) is 0 Å². The summed E-state index contributed by atoms with van der Waals surface area (Å²) < 4.78 is 5.11. The zero-order valence-electron chi connectivity index (χ0n) is 15.2. The molecule has 0 amide bonds.